The predicted molar refractivity (Wildman–Crippen MR) is 163 cm³/mol. The first-order valence-corrected chi connectivity index (χ1v) is 14.2. The lowest BCUT2D eigenvalue weighted by Crippen LogP contribution is -2.42. The van der Waals surface area contributed by atoms with Crippen LogP contribution in [0.5, 0.6) is 0 Å². The van der Waals surface area contributed by atoms with E-state index >= 15 is 0 Å². The summed E-state index contributed by atoms with van der Waals surface area (Å²) in [6, 6.07) is 0. The van der Waals surface area contributed by atoms with E-state index in [1.54, 1.807) is 5.57 Å². The summed E-state index contributed by atoms with van der Waals surface area (Å²) in [6.45, 7) is 47.3. The Bertz CT molecular complexity index is 959. The molecule has 0 bridgehead atoms. The molecule has 1 aliphatic carbocycles. The largest absolute Gasteiger partial charge is 0.107 e. The molecule has 0 heteroatoms. The molecule has 1 rings (SSSR count). The van der Waals surface area contributed by atoms with Crippen molar-refractivity contribution in [1.82, 2.24) is 0 Å². The first kappa shape index (κ1) is 32.8. The van der Waals surface area contributed by atoms with Crippen molar-refractivity contribution >= 4 is 0 Å². The molecule has 0 nitrogen and oxygen atoms in total. The highest BCUT2D eigenvalue weighted by Gasteiger charge is 2.57. The van der Waals surface area contributed by atoms with Crippen molar-refractivity contribution in [3.63, 3.8) is 0 Å². The zero-order valence-electron chi connectivity index (χ0n) is 28.2. The maximum Gasteiger partial charge on any atom is 0.0495 e. The van der Waals surface area contributed by atoms with Gasteiger partial charge in [0.05, 0.1) is 0 Å². The molecule has 0 heterocycles. The molecule has 0 aromatic rings. The molecule has 206 valence electrons. The van der Waals surface area contributed by atoms with Crippen LogP contribution in [-0.2, 0) is 0 Å². The fraction of sp³-hybridized carbons (Fsp3) is 0.806. The fourth-order valence-corrected chi connectivity index (χ4v) is 6.98. The third-order valence-corrected chi connectivity index (χ3v) is 7.82. The highest BCUT2D eigenvalue weighted by atomic mass is 14.6. The zero-order valence-corrected chi connectivity index (χ0v) is 28.2. The highest BCUT2D eigenvalue weighted by Crippen LogP contribution is 2.64. The molecule has 0 saturated heterocycles. The average Bonchev–Trinajstić information content (AvgIpc) is 2.78. The van der Waals surface area contributed by atoms with Crippen LogP contribution in [0.4, 0.5) is 0 Å². The molecule has 36 heavy (non-hydrogen) atoms. The van der Waals surface area contributed by atoms with Crippen LogP contribution in [0.2, 0.25) is 0 Å². The summed E-state index contributed by atoms with van der Waals surface area (Å²) in [7, 11) is 0. The average molecular weight is 495 g/mol. The maximum atomic E-state index is 3.90. The van der Waals surface area contributed by atoms with E-state index in [-0.39, 0.29) is 37.9 Å². The summed E-state index contributed by atoms with van der Waals surface area (Å²) in [5.74, 6) is 8.61. The molecule has 0 aromatic carbocycles. The molecule has 0 N–H and O–H groups in total. The van der Waals surface area contributed by atoms with E-state index in [1.165, 1.54) is 11.1 Å². The third-order valence-electron chi connectivity index (χ3n) is 7.82. The molecular formula is C36H62. The minimum absolute atomic E-state index is 0.00456. The van der Waals surface area contributed by atoms with Gasteiger partial charge in [-0.05, 0) is 50.1 Å². The van der Waals surface area contributed by atoms with Crippen molar-refractivity contribution < 1.29 is 0 Å². The Morgan fingerprint density at radius 3 is 1.31 bits per heavy atom. The normalized spacial score (nSPS) is 21.7. The lowest BCUT2D eigenvalue weighted by Gasteiger charge is -2.47. The minimum Gasteiger partial charge on any atom is -0.107 e. The zero-order chi connectivity index (χ0) is 29.1. The van der Waals surface area contributed by atoms with Gasteiger partial charge in [-0.2, -0.15) is 0 Å². The van der Waals surface area contributed by atoms with Crippen LogP contribution in [0.1, 0.15) is 138 Å². The van der Waals surface area contributed by atoms with Gasteiger partial charge in [0.2, 0.25) is 0 Å². The number of hydrogen-bond acceptors (Lipinski definition) is 0. The van der Waals surface area contributed by atoms with Gasteiger partial charge in [0.15, 0.2) is 0 Å². The van der Waals surface area contributed by atoms with Gasteiger partial charge in [0.25, 0.3) is 0 Å². The summed E-state index contributed by atoms with van der Waals surface area (Å²) >= 11 is 0. The van der Waals surface area contributed by atoms with Crippen molar-refractivity contribution in [3.8, 4) is 11.8 Å². The Kier molecular flexibility index (Phi) is 8.70. The van der Waals surface area contributed by atoms with Crippen LogP contribution < -0.4 is 0 Å². The quantitative estimate of drug-likeness (QED) is 0.232. The molecule has 0 saturated carbocycles. The molecule has 0 spiro atoms. The topological polar surface area (TPSA) is 0 Å². The lowest BCUT2D eigenvalue weighted by molar-refractivity contribution is 0.0366. The van der Waals surface area contributed by atoms with E-state index < -0.39 is 0 Å². The van der Waals surface area contributed by atoms with Gasteiger partial charge in [-0.1, -0.05) is 150 Å². The smallest absolute Gasteiger partial charge is 0.0495 e. The van der Waals surface area contributed by atoms with Crippen LogP contribution in [-0.4, -0.2) is 0 Å². The molecule has 0 aliphatic heterocycles. The van der Waals surface area contributed by atoms with Crippen molar-refractivity contribution in [2.24, 2.45) is 49.7 Å². The second-order valence-corrected chi connectivity index (χ2v) is 18.3. The van der Waals surface area contributed by atoms with Crippen LogP contribution >= 0.6 is 0 Å². The molecule has 0 fully saturated rings. The van der Waals surface area contributed by atoms with Crippen LogP contribution in [0.3, 0.4) is 0 Å². The SMILES string of the molecule is CC(C)(C)C(=C=C(C(C)(C)C)C(C)(C)C)C#CC1=C(C(C)(C)C)C(C(C)(C)C)C(C(C)(C)C)C1(C)C. The van der Waals surface area contributed by atoms with Gasteiger partial charge < -0.3 is 0 Å². The minimum atomic E-state index is -0.0766. The van der Waals surface area contributed by atoms with E-state index in [4.69, 9.17) is 0 Å². The summed E-state index contributed by atoms with van der Waals surface area (Å²) in [6.07, 6.45) is 0. The van der Waals surface area contributed by atoms with E-state index in [0.717, 1.165) is 5.57 Å². The van der Waals surface area contributed by atoms with E-state index in [0.29, 0.717) is 11.8 Å². The summed E-state index contributed by atoms with van der Waals surface area (Å²) < 4.78 is 0. The van der Waals surface area contributed by atoms with Gasteiger partial charge >= 0.3 is 0 Å². The van der Waals surface area contributed by atoms with Crippen molar-refractivity contribution in [2.75, 3.05) is 0 Å². The van der Waals surface area contributed by atoms with Crippen molar-refractivity contribution in [1.29, 1.82) is 0 Å². The molecule has 1 aliphatic rings. The first-order chi connectivity index (χ1) is 15.4. The molecule has 0 amide bonds. The van der Waals surface area contributed by atoms with E-state index in [1.807, 2.05) is 0 Å². The first-order valence-electron chi connectivity index (χ1n) is 14.2. The number of rotatable bonds is 0. The molecule has 2 unspecified atom stereocenters. The van der Waals surface area contributed by atoms with Gasteiger partial charge in [0, 0.05) is 22.0 Å². The Morgan fingerprint density at radius 2 is 1.03 bits per heavy atom. The number of allylic oxidation sites excluding steroid dienone is 3. The second-order valence-electron chi connectivity index (χ2n) is 18.3. The molecular weight excluding hydrogens is 432 g/mol. The lowest BCUT2D eigenvalue weighted by atomic mass is 9.56. The Labute approximate surface area is 227 Å². The summed E-state index contributed by atoms with van der Waals surface area (Å²) in [5.41, 5.74) is 9.67. The van der Waals surface area contributed by atoms with Gasteiger partial charge in [-0.15, -0.1) is 5.73 Å². The van der Waals surface area contributed by atoms with Crippen molar-refractivity contribution in [2.45, 2.75) is 138 Å². The maximum absolute atomic E-state index is 3.90. The van der Waals surface area contributed by atoms with E-state index in [2.05, 4.69) is 156 Å². The fourth-order valence-electron chi connectivity index (χ4n) is 6.98. The van der Waals surface area contributed by atoms with Crippen molar-refractivity contribution in [3.05, 3.63) is 28.0 Å². The van der Waals surface area contributed by atoms with Gasteiger partial charge in [-0.25, -0.2) is 0 Å². The summed E-state index contributed by atoms with van der Waals surface area (Å²) in [4.78, 5) is 0. The van der Waals surface area contributed by atoms with Gasteiger partial charge in [0.1, 0.15) is 0 Å². The van der Waals surface area contributed by atoms with E-state index in [9.17, 15) is 0 Å². The van der Waals surface area contributed by atoms with Crippen LogP contribution in [0.25, 0.3) is 0 Å². The monoisotopic (exact) mass is 494 g/mol. The molecule has 0 aromatic heterocycles. The van der Waals surface area contributed by atoms with Gasteiger partial charge in [-0.3, -0.25) is 0 Å². The predicted octanol–water partition coefficient (Wildman–Crippen LogP) is 11.3. The van der Waals surface area contributed by atoms with Crippen LogP contribution in [0.15, 0.2) is 28.0 Å². The standard InChI is InChI=1S/C36H62/c1-30(2,3)24(23-26(31(4,5)6)32(7,8)9)21-22-25-27(33(10,11)12)28(34(13,14)15)29(35(16,17)18)36(25,19)20/h28-29H,1-20H3. The summed E-state index contributed by atoms with van der Waals surface area (Å²) in [5, 5.41) is 0. The molecule has 2 atom stereocenters. The Balaban J connectivity index is 4.25. The Morgan fingerprint density at radius 1 is 0.611 bits per heavy atom. The highest BCUT2D eigenvalue weighted by molar-refractivity contribution is 5.51. The third kappa shape index (κ3) is 7.22. The number of hydrogen-bond donors (Lipinski definition) is 0. The van der Waals surface area contributed by atoms with Crippen LogP contribution in [0, 0.1) is 61.6 Å². The Hall–Kier alpha value is -1.18. The second kappa shape index (κ2) is 9.53. The molecule has 0 radical (unpaired) electrons.